The lowest BCUT2D eigenvalue weighted by Crippen LogP contribution is -2.49. The van der Waals surface area contributed by atoms with Gasteiger partial charge in [-0.15, -0.1) is 0 Å². The maximum Gasteiger partial charge on any atom is 0.321 e. The molecule has 0 spiro atoms. The van der Waals surface area contributed by atoms with E-state index in [1.807, 2.05) is 5.32 Å². The highest BCUT2D eigenvalue weighted by atomic mass is 32.2. The molecule has 2 rings (SSSR count). The number of amides is 3. The van der Waals surface area contributed by atoms with E-state index >= 15 is 0 Å². The molecule has 29 heavy (non-hydrogen) atoms. The van der Waals surface area contributed by atoms with Gasteiger partial charge in [0.15, 0.2) is 12.4 Å². The number of nitrogens with zero attached hydrogens (tertiary/aromatic N) is 2. The van der Waals surface area contributed by atoms with Gasteiger partial charge in [0.25, 0.3) is 5.91 Å². The zero-order valence-corrected chi connectivity index (χ0v) is 17.2. The van der Waals surface area contributed by atoms with Crippen molar-refractivity contribution in [2.45, 2.75) is 44.0 Å². The summed E-state index contributed by atoms with van der Waals surface area (Å²) in [5, 5.41) is 15.9. The molecule has 1 aliphatic rings. The van der Waals surface area contributed by atoms with Gasteiger partial charge in [-0.2, -0.15) is 4.31 Å². The second-order valence-corrected chi connectivity index (χ2v) is 9.48. The van der Waals surface area contributed by atoms with Crippen molar-refractivity contribution in [3.63, 3.8) is 0 Å². The molecule has 160 valence electrons. The van der Waals surface area contributed by atoms with E-state index in [9.17, 15) is 28.1 Å². The standard InChI is InChI=1S/C17H24N4O7S/c1-17(2,3)19-16(23)18-15(22)11-28-14-7-6-12(10-13(14)21(24)25)29(26,27)20-8-4-5-9-20/h6-7,10H,4-5,8-9,11H2,1-3H3,(H2,18,19,22,23). The van der Waals surface area contributed by atoms with E-state index in [1.165, 1.54) is 10.4 Å². The summed E-state index contributed by atoms with van der Waals surface area (Å²) < 4.78 is 31.6. The summed E-state index contributed by atoms with van der Waals surface area (Å²) in [4.78, 5) is 33.8. The zero-order chi connectivity index (χ0) is 21.8. The predicted molar refractivity (Wildman–Crippen MR) is 103 cm³/mol. The van der Waals surface area contributed by atoms with Gasteiger partial charge < -0.3 is 10.1 Å². The average molecular weight is 428 g/mol. The highest BCUT2D eigenvalue weighted by Crippen LogP contribution is 2.31. The number of nitro groups is 1. The molecule has 0 radical (unpaired) electrons. The quantitative estimate of drug-likeness (QED) is 0.514. The second-order valence-electron chi connectivity index (χ2n) is 7.54. The fourth-order valence-corrected chi connectivity index (χ4v) is 4.22. The largest absolute Gasteiger partial charge is 0.477 e. The summed E-state index contributed by atoms with van der Waals surface area (Å²) in [6.45, 7) is 5.27. The van der Waals surface area contributed by atoms with Crippen molar-refractivity contribution in [2.75, 3.05) is 19.7 Å². The average Bonchev–Trinajstić information content (AvgIpc) is 3.13. The molecule has 0 bridgehead atoms. The minimum atomic E-state index is -3.83. The lowest BCUT2D eigenvalue weighted by atomic mass is 10.1. The monoisotopic (exact) mass is 428 g/mol. The first-order valence-corrected chi connectivity index (χ1v) is 10.4. The number of carbonyl (C=O) groups excluding carboxylic acids is 2. The van der Waals surface area contributed by atoms with Crippen LogP contribution in [0, 0.1) is 10.1 Å². The molecule has 0 aliphatic carbocycles. The lowest BCUT2D eigenvalue weighted by Gasteiger charge is -2.20. The Morgan fingerprint density at radius 3 is 2.41 bits per heavy atom. The van der Waals surface area contributed by atoms with Gasteiger partial charge in [0.1, 0.15) is 0 Å². The molecule has 0 atom stereocenters. The Bertz CT molecular complexity index is 903. The van der Waals surface area contributed by atoms with Crippen LogP contribution in [0.3, 0.4) is 0 Å². The van der Waals surface area contributed by atoms with Crippen LogP contribution in [0.25, 0.3) is 0 Å². The Kier molecular flexibility index (Phi) is 6.80. The molecule has 12 heteroatoms. The van der Waals surface area contributed by atoms with Crippen molar-refractivity contribution in [2.24, 2.45) is 0 Å². The first-order chi connectivity index (χ1) is 13.4. The third kappa shape index (κ3) is 6.12. The third-order valence-electron chi connectivity index (χ3n) is 3.93. The first-order valence-electron chi connectivity index (χ1n) is 8.93. The van der Waals surface area contributed by atoms with Crippen molar-refractivity contribution < 1.29 is 27.7 Å². The summed E-state index contributed by atoms with van der Waals surface area (Å²) in [5.74, 6) is -1.09. The van der Waals surface area contributed by atoms with E-state index in [1.54, 1.807) is 20.8 Å². The molecule has 1 aliphatic heterocycles. The van der Waals surface area contributed by atoms with E-state index in [2.05, 4.69) is 5.32 Å². The highest BCUT2D eigenvalue weighted by molar-refractivity contribution is 7.89. The normalized spacial score (nSPS) is 15.0. The molecular weight excluding hydrogens is 404 g/mol. The first kappa shape index (κ1) is 22.6. The predicted octanol–water partition coefficient (Wildman–Crippen LogP) is 1.38. The van der Waals surface area contributed by atoms with E-state index < -0.39 is 44.7 Å². The number of ether oxygens (including phenoxy) is 1. The summed E-state index contributed by atoms with van der Waals surface area (Å²) in [5.41, 5.74) is -1.14. The number of sulfonamides is 1. The maximum absolute atomic E-state index is 12.6. The molecule has 2 N–H and O–H groups in total. The summed E-state index contributed by atoms with van der Waals surface area (Å²) in [7, 11) is -3.83. The molecule has 1 aromatic carbocycles. The van der Waals surface area contributed by atoms with Gasteiger partial charge >= 0.3 is 11.7 Å². The van der Waals surface area contributed by atoms with Crippen molar-refractivity contribution in [1.29, 1.82) is 0 Å². The summed E-state index contributed by atoms with van der Waals surface area (Å²) in [6.07, 6.45) is 1.47. The number of carbonyl (C=O) groups is 2. The van der Waals surface area contributed by atoms with E-state index in [-0.39, 0.29) is 10.6 Å². The molecule has 11 nitrogen and oxygen atoms in total. The second kappa shape index (κ2) is 8.74. The molecular formula is C17H24N4O7S. The number of nitrogens with one attached hydrogen (secondary N) is 2. The Morgan fingerprint density at radius 1 is 1.24 bits per heavy atom. The molecule has 0 aromatic heterocycles. The topological polar surface area (TPSA) is 148 Å². The van der Waals surface area contributed by atoms with Crippen LogP contribution < -0.4 is 15.4 Å². The Morgan fingerprint density at radius 2 is 1.86 bits per heavy atom. The molecule has 0 unspecified atom stereocenters. The molecule has 1 fully saturated rings. The summed E-state index contributed by atoms with van der Waals surface area (Å²) >= 11 is 0. The van der Waals surface area contributed by atoms with Crippen LogP contribution >= 0.6 is 0 Å². The van der Waals surface area contributed by atoms with Crippen LogP contribution in [0.5, 0.6) is 5.75 Å². The third-order valence-corrected chi connectivity index (χ3v) is 5.82. The van der Waals surface area contributed by atoms with Gasteiger partial charge in [-0.25, -0.2) is 13.2 Å². The molecule has 3 amide bonds. The Balaban J connectivity index is 2.10. The lowest BCUT2D eigenvalue weighted by molar-refractivity contribution is -0.386. The Labute approximate surface area is 168 Å². The summed E-state index contributed by atoms with van der Waals surface area (Å²) in [6, 6.07) is 2.50. The fourth-order valence-electron chi connectivity index (χ4n) is 2.68. The van der Waals surface area contributed by atoms with Gasteiger partial charge in [-0.3, -0.25) is 20.2 Å². The van der Waals surface area contributed by atoms with Gasteiger partial charge in [0.05, 0.1) is 9.82 Å². The van der Waals surface area contributed by atoms with Gasteiger partial charge in [-0.05, 0) is 45.7 Å². The molecule has 0 saturated carbocycles. The number of nitro benzene ring substituents is 1. The van der Waals surface area contributed by atoms with Crippen LogP contribution in [-0.2, 0) is 14.8 Å². The highest BCUT2D eigenvalue weighted by Gasteiger charge is 2.30. The molecule has 1 heterocycles. The fraction of sp³-hybridized carbons (Fsp3) is 0.529. The minimum absolute atomic E-state index is 0.215. The van der Waals surface area contributed by atoms with E-state index in [0.717, 1.165) is 25.0 Å². The van der Waals surface area contributed by atoms with Crippen molar-refractivity contribution in [3.05, 3.63) is 28.3 Å². The van der Waals surface area contributed by atoms with Crippen molar-refractivity contribution in [3.8, 4) is 5.75 Å². The van der Waals surface area contributed by atoms with Crippen molar-refractivity contribution >= 4 is 27.6 Å². The van der Waals surface area contributed by atoms with E-state index in [4.69, 9.17) is 4.74 Å². The zero-order valence-electron chi connectivity index (χ0n) is 16.4. The van der Waals surface area contributed by atoms with Crippen LogP contribution in [-0.4, -0.2) is 54.8 Å². The number of hydrogen-bond acceptors (Lipinski definition) is 7. The van der Waals surface area contributed by atoms with Crippen LogP contribution in [0.15, 0.2) is 23.1 Å². The number of hydrogen-bond donors (Lipinski definition) is 2. The molecule has 1 saturated heterocycles. The van der Waals surface area contributed by atoms with Gasteiger partial charge in [0.2, 0.25) is 10.0 Å². The van der Waals surface area contributed by atoms with Crippen LogP contribution in [0.4, 0.5) is 10.5 Å². The van der Waals surface area contributed by atoms with Crippen molar-refractivity contribution in [1.82, 2.24) is 14.9 Å². The Hall–Kier alpha value is -2.73. The minimum Gasteiger partial charge on any atom is -0.477 e. The smallest absolute Gasteiger partial charge is 0.321 e. The van der Waals surface area contributed by atoms with E-state index in [0.29, 0.717) is 13.1 Å². The maximum atomic E-state index is 12.6. The van der Waals surface area contributed by atoms with Gasteiger partial charge in [-0.1, -0.05) is 0 Å². The number of rotatable bonds is 6. The SMILES string of the molecule is CC(C)(C)NC(=O)NC(=O)COc1ccc(S(=O)(=O)N2CCCC2)cc1[N+](=O)[O-]. The number of benzene rings is 1. The number of imide groups is 1. The van der Waals surface area contributed by atoms with Crippen LogP contribution in [0.2, 0.25) is 0 Å². The molecule has 1 aromatic rings. The van der Waals surface area contributed by atoms with Crippen LogP contribution in [0.1, 0.15) is 33.6 Å². The van der Waals surface area contributed by atoms with Gasteiger partial charge in [0, 0.05) is 24.7 Å². The number of urea groups is 1.